The van der Waals surface area contributed by atoms with Gasteiger partial charge < -0.3 is 5.32 Å². The van der Waals surface area contributed by atoms with Crippen LogP contribution in [0, 0.1) is 11.8 Å². The zero-order valence-corrected chi connectivity index (χ0v) is 14.9. The molecule has 1 aromatic heterocycles. The maximum atomic E-state index is 12.4. The van der Waals surface area contributed by atoms with E-state index in [1.807, 2.05) is 12.1 Å². The molecule has 1 N–H and O–H groups in total. The molecule has 2 aliphatic rings. The van der Waals surface area contributed by atoms with Crippen LogP contribution in [-0.4, -0.2) is 43.9 Å². The van der Waals surface area contributed by atoms with E-state index in [4.69, 9.17) is 0 Å². The average Bonchev–Trinajstić information content (AvgIpc) is 3.30. The first-order chi connectivity index (χ1) is 13.1. The van der Waals surface area contributed by atoms with Crippen molar-refractivity contribution in [1.82, 2.24) is 19.7 Å². The van der Waals surface area contributed by atoms with Crippen molar-refractivity contribution in [1.29, 1.82) is 0 Å². The second-order valence-corrected chi connectivity index (χ2v) is 7.01. The third-order valence-corrected chi connectivity index (χ3v) is 5.33. The fourth-order valence-electron chi connectivity index (χ4n) is 3.93. The van der Waals surface area contributed by atoms with E-state index in [0.29, 0.717) is 5.69 Å². The van der Waals surface area contributed by atoms with Gasteiger partial charge >= 0.3 is 0 Å². The van der Waals surface area contributed by atoms with E-state index in [9.17, 15) is 14.4 Å². The molecule has 0 radical (unpaired) electrons. The standard InChI is InChI=1S/C19H21N5O3/c25-17(22-13-5-7-14(8-6-13)24-12-20-11-21-24)9-10-23-18(26)15-3-1-2-4-16(15)19(23)27/h5-8,11-12,15-16H,1-4,9-10H2,(H,22,25). The minimum atomic E-state index is -0.223. The largest absolute Gasteiger partial charge is 0.326 e. The number of hydrogen-bond donors (Lipinski definition) is 1. The van der Waals surface area contributed by atoms with Crippen LogP contribution >= 0.6 is 0 Å². The monoisotopic (exact) mass is 367 g/mol. The molecule has 2 unspecified atom stereocenters. The molecule has 1 saturated carbocycles. The van der Waals surface area contributed by atoms with Gasteiger partial charge in [0.05, 0.1) is 17.5 Å². The van der Waals surface area contributed by atoms with Gasteiger partial charge in [0.25, 0.3) is 0 Å². The zero-order valence-electron chi connectivity index (χ0n) is 14.9. The first-order valence-corrected chi connectivity index (χ1v) is 9.23. The molecule has 2 atom stereocenters. The van der Waals surface area contributed by atoms with Gasteiger partial charge in [-0.05, 0) is 37.1 Å². The first kappa shape index (κ1) is 17.4. The number of hydrogen-bond acceptors (Lipinski definition) is 5. The summed E-state index contributed by atoms with van der Waals surface area (Å²) in [4.78, 5) is 42.3. The molecule has 0 bridgehead atoms. The highest BCUT2D eigenvalue weighted by Gasteiger charge is 2.47. The first-order valence-electron chi connectivity index (χ1n) is 9.23. The van der Waals surface area contributed by atoms with Crippen molar-refractivity contribution in [2.75, 3.05) is 11.9 Å². The molecular weight excluding hydrogens is 346 g/mol. The Morgan fingerprint density at radius 2 is 1.74 bits per heavy atom. The van der Waals surface area contributed by atoms with E-state index < -0.39 is 0 Å². The molecule has 0 spiro atoms. The number of rotatable bonds is 5. The van der Waals surface area contributed by atoms with Crippen molar-refractivity contribution in [3.63, 3.8) is 0 Å². The van der Waals surface area contributed by atoms with E-state index in [2.05, 4.69) is 15.4 Å². The number of amides is 3. The molecule has 4 rings (SSSR count). The summed E-state index contributed by atoms with van der Waals surface area (Å²) >= 11 is 0. The van der Waals surface area contributed by atoms with Crippen molar-refractivity contribution >= 4 is 23.4 Å². The molecule has 2 heterocycles. The number of anilines is 1. The van der Waals surface area contributed by atoms with Crippen molar-refractivity contribution in [3.8, 4) is 5.69 Å². The molecule has 140 valence electrons. The summed E-state index contributed by atoms with van der Waals surface area (Å²) in [6.45, 7) is 0.146. The number of likely N-dealkylation sites (tertiary alicyclic amines) is 1. The predicted octanol–water partition coefficient (Wildman–Crippen LogP) is 1.77. The Balaban J connectivity index is 1.32. The predicted molar refractivity (Wildman–Crippen MR) is 96.8 cm³/mol. The molecule has 8 heteroatoms. The Hall–Kier alpha value is -3.03. The molecule has 3 amide bonds. The number of nitrogens with zero attached hydrogens (tertiary/aromatic N) is 4. The maximum absolute atomic E-state index is 12.4. The van der Waals surface area contributed by atoms with Crippen LogP contribution in [0.5, 0.6) is 0 Å². The number of carbonyl (C=O) groups is 3. The van der Waals surface area contributed by atoms with Crippen LogP contribution in [0.2, 0.25) is 0 Å². The molecular formula is C19H21N5O3. The summed E-state index contributed by atoms with van der Waals surface area (Å²) in [5.41, 5.74) is 1.48. The van der Waals surface area contributed by atoms with Crippen molar-refractivity contribution in [3.05, 3.63) is 36.9 Å². The zero-order chi connectivity index (χ0) is 18.8. The minimum Gasteiger partial charge on any atom is -0.326 e. The molecule has 1 aliphatic heterocycles. The second kappa shape index (κ2) is 7.30. The number of fused-ring (bicyclic) bond motifs is 1. The van der Waals surface area contributed by atoms with E-state index >= 15 is 0 Å². The topological polar surface area (TPSA) is 97.2 Å². The number of carbonyl (C=O) groups excluding carboxylic acids is 3. The lowest BCUT2D eigenvalue weighted by atomic mass is 9.81. The highest BCUT2D eigenvalue weighted by atomic mass is 16.2. The van der Waals surface area contributed by atoms with Crippen LogP contribution in [0.15, 0.2) is 36.9 Å². The second-order valence-electron chi connectivity index (χ2n) is 7.01. The van der Waals surface area contributed by atoms with Crippen LogP contribution in [-0.2, 0) is 14.4 Å². The van der Waals surface area contributed by atoms with Crippen molar-refractivity contribution < 1.29 is 14.4 Å². The Morgan fingerprint density at radius 1 is 1.07 bits per heavy atom. The maximum Gasteiger partial charge on any atom is 0.233 e. The Kier molecular flexibility index (Phi) is 4.70. The Bertz CT molecular complexity index is 823. The summed E-state index contributed by atoms with van der Waals surface area (Å²) in [6.07, 6.45) is 6.72. The highest BCUT2D eigenvalue weighted by Crippen LogP contribution is 2.37. The Labute approximate surface area is 156 Å². The van der Waals surface area contributed by atoms with Crippen LogP contribution in [0.4, 0.5) is 5.69 Å². The van der Waals surface area contributed by atoms with E-state index in [-0.39, 0.29) is 42.5 Å². The van der Waals surface area contributed by atoms with Gasteiger partial charge in [-0.25, -0.2) is 9.67 Å². The summed E-state index contributed by atoms with van der Waals surface area (Å²) in [6, 6.07) is 7.19. The average molecular weight is 367 g/mol. The van der Waals surface area contributed by atoms with Gasteiger partial charge in [0, 0.05) is 18.7 Å². The lowest BCUT2D eigenvalue weighted by Gasteiger charge is -2.19. The SMILES string of the molecule is O=C(CCN1C(=O)C2CCCCC2C1=O)Nc1ccc(-n2cncn2)cc1. The number of nitrogens with one attached hydrogen (secondary N) is 1. The van der Waals surface area contributed by atoms with Crippen molar-refractivity contribution in [2.45, 2.75) is 32.1 Å². The molecule has 1 aromatic carbocycles. The van der Waals surface area contributed by atoms with Crippen LogP contribution < -0.4 is 5.32 Å². The molecule has 1 saturated heterocycles. The number of imide groups is 1. The lowest BCUT2D eigenvalue weighted by Crippen LogP contribution is -2.34. The molecule has 8 nitrogen and oxygen atoms in total. The van der Waals surface area contributed by atoms with E-state index in [0.717, 1.165) is 31.4 Å². The molecule has 1 aliphatic carbocycles. The highest BCUT2D eigenvalue weighted by molar-refractivity contribution is 6.05. The normalized spacial score (nSPS) is 22.0. The summed E-state index contributed by atoms with van der Waals surface area (Å²) < 4.78 is 1.62. The minimum absolute atomic E-state index is 0.0990. The Morgan fingerprint density at radius 3 is 2.33 bits per heavy atom. The summed E-state index contributed by atoms with van der Waals surface area (Å²) in [5.74, 6) is -0.763. The fraction of sp³-hybridized carbons (Fsp3) is 0.421. The third kappa shape index (κ3) is 3.47. The molecule has 2 aromatic rings. The number of aromatic nitrogens is 3. The van der Waals surface area contributed by atoms with Crippen LogP contribution in [0.1, 0.15) is 32.1 Å². The lowest BCUT2D eigenvalue weighted by molar-refractivity contribution is -0.140. The van der Waals surface area contributed by atoms with Gasteiger partial charge in [0.15, 0.2) is 0 Å². The smallest absolute Gasteiger partial charge is 0.233 e. The summed E-state index contributed by atoms with van der Waals surface area (Å²) in [7, 11) is 0. The third-order valence-electron chi connectivity index (χ3n) is 5.33. The quantitative estimate of drug-likeness (QED) is 0.813. The summed E-state index contributed by atoms with van der Waals surface area (Å²) in [5, 5.41) is 6.84. The van der Waals surface area contributed by atoms with Gasteiger partial charge in [0.1, 0.15) is 12.7 Å². The van der Waals surface area contributed by atoms with Gasteiger partial charge in [-0.2, -0.15) is 5.10 Å². The van der Waals surface area contributed by atoms with E-state index in [1.54, 1.807) is 23.1 Å². The fourth-order valence-corrected chi connectivity index (χ4v) is 3.93. The van der Waals surface area contributed by atoms with Crippen molar-refractivity contribution in [2.24, 2.45) is 11.8 Å². The van der Waals surface area contributed by atoms with Gasteiger partial charge in [0.2, 0.25) is 17.7 Å². The van der Waals surface area contributed by atoms with E-state index in [1.165, 1.54) is 11.2 Å². The van der Waals surface area contributed by atoms with Crippen LogP contribution in [0.25, 0.3) is 5.69 Å². The van der Waals surface area contributed by atoms with Gasteiger partial charge in [-0.15, -0.1) is 0 Å². The van der Waals surface area contributed by atoms with Crippen LogP contribution in [0.3, 0.4) is 0 Å². The van der Waals surface area contributed by atoms with Gasteiger partial charge in [-0.3, -0.25) is 19.3 Å². The molecule has 27 heavy (non-hydrogen) atoms. The number of benzene rings is 1. The molecule has 2 fully saturated rings. The van der Waals surface area contributed by atoms with Gasteiger partial charge in [-0.1, -0.05) is 12.8 Å².